The van der Waals surface area contributed by atoms with Crippen LogP contribution in [0.25, 0.3) is 0 Å². The number of carboxylic acids is 1. The van der Waals surface area contributed by atoms with Crippen molar-refractivity contribution in [2.45, 2.75) is 25.7 Å². The highest BCUT2D eigenvalue weighted by Gasteiger charge is 2.44. The molecule has 0 aliphatic carbocycles. The molecule has 0 bridgehead atoms. The van der Waals surface area contributed by atoms with E-state index in [9.17, 15) is 18.3 Å². The first-order valence-electron chi connectivity index (χ1n) is 6.60. The molecule has 2 aliphatic rings. The van der Waals surface area contributed by atoms with Gasteiger partial charge in [-0.15, -0.1) is 0 Å². The standard InChI is InChI=1S/C12H21NO5S/c1-19(16,17)13-5-2-3-10(8-13)7-12(11(14)15)4-6-18-9-12/h10H,2-9H2,1H3,(H,14,15). The molecule has 2 fully saturated rings. The molecule has 6 nitrogen and oxygen atoms in total. The van der Waals surface area contributed by atoms with Crippen LogP contribution in [-0.2, 0) is 19.6 Å². The molecule has 0 spiro atoms. The van der Waals surface area contributed by atoms with E-state index in [0.717, 1.165) is 12.8 Å². The van der Waals surface area contributed by atoms with Crippen LogP contribution in [0.5, 0.6) is 0 Å². The molecule has 7 heteroatoms. The van der Waals surface area contributed by atoms with Gasteiger partial charge in [0.2, 0.25) is 10.0 Å². The van der Waals surface area contributed by atoms with Gasteiger partial charge in [0.1, 0.15) is 0 Å². The van der Waals surface area contributed by atoms with Crippen molar-refractivity contribution < 1.29 is 23.1 Å². The molecule has 1 N–H and O–H groups in total. The lowest BCUT2D eigenvalue weighted by Gasteiger charge is -2.34. The van der Waals surface area contributed by atoms with Gasteiger partial charge < -0.3 is 9.84 Å². The van der Waals surface area contributed by atoms with Crippen LogP contribution in [0.3, 0.4) is 0 Å². The summed E-state index contributed by atoms with van der Waals surface area (Å²) in [4.78, 5) is 11.5. The third-order valence-corrected chi connectivity index (χ3v) is 5.46. The van der Waals surface area contributed by atoms with Gasteiger partial charge in [-0.05, 0) is 31.6 Å². The summed E-state index contributed by atoms with van der Waals surface area (Å²) in [7, 11) is -3.18. The van der Waals surface area contributed by atoms with Gasteiger partial charge in [-0.25, -0.2) is 12.7 Å². The van der Waals surface area contributed by atoms with Crippen molar-refractivity contribution in [3.63, 3.8) is 0 Å². The van der Waals surface area contributed by atoms with Gasteiger partial charge in [-0.3, -0.25) is 4.79 Å². The summed E-state index contributed by atoms with van der Waals surface area (Å²) in [6.07, 6.45) is 3.93. The van der Waals surface area contributed by atoms with Crippen molar-refractivity contribution >= 4 is 16.0 Å². The molecule has 2 atom stereocenters. The number of hydrogen-bond donors (Lipinski definition) is 1. The van der Waals surface area contributed by atoms with Gasteiger partial charge in [-0.2, -0.15) is 0 Å². The lowest BCUT2D eigenvalue weighted by molar-refractivity contribution is -0.150. The first kappa shape index (κ1) is 14.7. The minimum atomic E-state index is -3.18. The first-order chi connectivity index (χ1) is 8.83. The van der Waals surface area contributed by atoms with Crippen LogP contribution in [-0.4, -0.2) is 56.4 Å². The van der Waals surface area contributed by atoms with E-state index in [4.69, 9.17) is 4.74 Å². The number of ether oxygens (including phenoxy) is 1. The molecular weight excluding hydrogens is 270 g/mol. The SMILES string of the molecule is CS(=O)(=O)N1CCCC(CC2(C(=O)O)CCOC2)C1. The maximum Gasteiger partial charge on any atom is 0.312 e. The number of rotatable bonds is 4. The summed E-state index contributed by atoms with van der Waals surface area (Å²) >= 11 is 0. The van der Waals surface area contributed by atoms with Crippen molar-refractivity contribution in [1.29, 1.82) is 0 Å². The summed E-state index contributed by atoms with van der Waals surface area (Å²) in [5.74, 6) is -0.706. The van der Waals surface area contributed by atoms with E-state index in [1.54, 1.807) is 0 Å². The number of piperidine rings is 1. The quantitative estimate of drug-likeness (QED) is 0.817. The van der Waals surface area contributed by atoms with Crippen LogP contribution >= 0.6 is 0 Å². The maximum atomic E-state index is 11.6. The van der Waals surface area contributed by atoms with Crippen LogP contribution in [0.2, 0.25) is 0 Å². The fourth-order valence-electron chi connectivity index (χ4n) is 3.07. The molecule has 2 rings (SSSR count). The third-order valence-electron chi connectivity index (χ3n) is 4.19. The molecule has 0 amide bonds. The second kappa shape index (κ2) is 5.38. The highest BCUT2D eigenvalue weighted by atomic mass is 32.2. The molecule has 2 aliphatic heterocycles. The summed E-state index contributed by atoms with van der Waals surface area (Å²) < 4.78 is 29.8. The Kier molecular flexibility index (Phi) is 4.17. The van der Waals surface area contributed by atoms with Crippen LogP contribution < -0.4 is 0 Å². The molecule has 19 heavy (non-hydrogen) atoms. The third kappa shape index (κ3) is 3.27. The highest BCUT2D eigenvalue weighted by molar-refractivity contribution is 7.88. The van der Waals surface area contributed by atoms with Gasteiger partial charge >= 0.3 is 5.97 Å². The molecule has 0 radical (unpaired) electrons. The maximum absolute atomic E-state index is 11.6. The smallest absolute Gasteiger partial charge is 0.312 e. The van der Waals surface area contributed by atoms with Crippen LogP contribution in [0.15, 0.2) is 0 Å². The number of carbonyl (C=O) groups is 1. The highest BCUT2D eigenvalue weighted by Crippen LogP contribution is 2.38. The van der Waals surface area contributed by atoms with E-state index >= 15 is 0 Å². The number of carboxylic acid groups (broad SMARTS) is 1. The van der Waals surface area contributed by atoms with Gasteiger partial charge in [0.25, 0.3) is 0 Å². The van der Waals surface area contributed by atoms with Crippen molar-refractivity contribution in [3.8, 4) is 0 Å². The van der Waals surface area contributed by atoms with Crippen molar-refractivity contribution in [2.75, 3.05) is 32.6 Å². The van der Waals surface area contributed by atoms with E-state index in [2.05, 4.69) is 0 Å². The topological polar surface area (TPSA) is 83.9 Å². The predicted octanol–water partition coefficient (Wildman–Crippen LogP) is 0.539. The molecule has 0 aromatic heterocycles. The normalized spacial score (nSPS) is 33.4. The molecule has 0 saturated carbocycles. The Morgan fingerprint density at radius 1 is 1.53 bits per heavy atom. The van der Waals surface area contributed by atoms with E-state index in [1.165, 1.54) is 10.6 Å². The van der Waals surface area contributed by atoms with E-state index < -0.39 is 21.4 Å². The summed E-state index contributed by atoms with van der Waals surface area (Å²) in [5, 5.41) is 9.41. The molecule has 2 heterocycles. The van der Waals surface area contributed by atoms with Gasteiger partial charge in [0.05, 0.1) is 18.3 Å². The molecule has 2 unspecified atom stereocenters. The number of sulfonamides is 1. The Morgan fingerprint density at radius 3 is 2.79 bits per heavy atom. The van der Waals surface area contributed by atoms with Crippen LogP contribution in [0.4, 0.5) is 0 Å². The fourth-order valence-corrected chi connectivity index (χ4v) is 4.01. The Labute approximate surface area is 113 Å². The summed E-state index contributed by atoms with van der Waals surface area (Å²) in [5.41, 5.74) is -0.814. The van der Waals surface area contributed by atoms with E-state index in [0.29, 0.717) is 32.5 Å². The monoisotopic (exact) mass is 291 g/mol. The molecule has 2 saturated heterocycles. The average Bonchev–Trinajstić information content (AvgIpc) is 2.78. The summed E-state index contributed by atoms with van der Waals surface area (Å²) in [6.45, 7) is 1.71. The van der Waals surface area contributed by atoms with Gasteiger partial charge in [0, 0.05) is 19.7 Å². The lowest BCUT2D eigenvalue weighted by atomic mass is 9.76. The first-order valence-corrected chi connectivity index (χ1v) is 8.45. The molecule has 0 aromatic rings. The minimum absolute atomic E-state index is 0.112. The van der Waals surface area contributed by atoms with E-state index in [1.807, 2.05) is 0 Å². The largest absolute Gasteiger partial charge is 0.481 e. The zero-order valence-corrected chi connectivity index (χ0v) is 12.0. The lowest BCUT2D eigenvalue weighted by Crippen LogP contribution is -2.42. The fraction of sp³-hybridized carbons (Fsp3) is 0.917. The zero-order valence-electron chi connectivity index (χ0n) is 11.2. The van der Waals surface area contributed by atoms with Crippen LogP contribution in [0.1, 0.15) is 25.7 Å². The van der Waals surface area contributed by atoms with Crippen LogP contribution in [0, 0.1) is 11.3 Å². The number of nitrogens with zero attached hydrogens (tertiary/aromatic N) is 1. The Morgan fingerprint density at radius 2 is 2.26 bits per heavy atom. The second-order valence-electron chi connectivity index (χ2n) is 5.72. The van der Waals surface area contributed by atoms with E-state index in [-0.39, 0.29) is 12.5 Å². The van der Waals surface area contributed by atoms with Crippen molar-refractivity contribution in [1.82, 2.24) is 4.31 Å². The average molecular weight is 291 g/mol. The second-order valence-corrected chi connectivity index (χ2v) is 7.70. The minimum Gasteiger partial charge on any atom is -0.481 e. The van der Waals surface area contributed by atoms with Gasteiger partial charge in [0.15, 0.2) is 0 Å². The number of hydrogen-bond acceptors (Lipinski definition) is 4. The van der Waals surface area contributed by atoms with Gasteiger partial charge in [-0.1, -0.05) is 0 Å². The molecule has 0 aromatic carbocycles. The zero-order chi connectivity index (χ0) is 14.1. The number of aliphatic carboxylic acids is 1. The Balaban J connectivity index is 2.04. The Bertz CT molecular complexity index is 441. The predicted molar refractivity (Wildman–Crippen MR) is 69.3 cm³/mol. The Hall–Kier alpha value is -0.660. The van der Waals surface area contributed by atoms with Crippen molar-refractivity contribution in [2.24, 2.45) is 11.3 Å². The molecular formula is C12H21NO5S. The summed E-state index contributed by atoms with van der Waals surface area (Å²) in [6, 6.07) is 0. The van der Waals surface area contributed by atoms with Crippen molar-refractivity contribution in [3.05, 3.63) is 0 Å². The molecule has 110 valence electrons.